The highest BCUT2D eigenvalue weighted by atomic mass is 15.3. The summed E-state index contributed by atoms with van der Waals surface area (Å²) in [5, 5.41) is 0. The summed E-state index contributed by atoms with van der Waals surface area (Å²) in [6.45, 7) is 58.0. The van der Waals surface area contributed by atoms with Gasteiger partial charge in [0.2, 0.25) is 0 Å². The molecule has 0 radical (unpaired) electrons. The maximum Gasteiger partial charge on any atom is 0.0130 e. The van der Waals surface area contributed by atoms with Gasteiger partial charge in [0, 0.05) is 89.1 Å². The van der Waals surface area contributed by atoms with Gasteiger partial charge in [0.1, 0.15) is 0 Å². The van der Waals surface area contributed by atoms with E-state index in [0.717, 1.165) is 89.5 Å². The quantitative estimate of drug-likeness (QED) is 0.239. The molecule has 14 bridgehead atoms. The van der Waals surface area contributed by atoms with Crippen molar-refractivity contribution in [3.8, 4) is 0 Å². The van der Waals surface area contributed by atoms with E-state index >= 15 is 0 Å². The first kappa shape index (κ1) is 75.5. The van der Waals surface area contributed by atoms with Gasteiger partial charge in [-0.1, -0.05) is 91.4 Å². The van der Waals surface area contributed by atoms with Gasteiger partial charge in [0.15, 0.2) is 0 Å². The molecule has 12 unspecified atom stereocenters. The lowest BCUT2D eigenvalue weighted by atomic mass is 9.66. The fourth-order valence-corrected chi connectivity index (χ4v) is 22.8. The van der Waals surface area contributed by atoms with Gasteiger partial charge >= 0.3 is 0 Å². The van der Waals surface area contributed by atoms with Crippen LogP contribution in [-0.2, 0) is 0 Å². The van der Waals surface area contributed by atoms with Gasteiger partial charge in [0.05, 0.1) is 0 Å². The van der Waals surface area contributed by atoms with Crippen LogP contribution in [0, 0.1) is 58.7 Å². The van der Waals surface area contributed by atoms with Crippen LogP contribution in [0.15, 0.2) is 0 Å². The van der Waals surface area contributed by atoms with Crippen molar-refractivity contribution in [2.45, 2.75) is 440 Å². The van der Waals surface area contributed by atoms with Crippen LogP contribution in [0.4, 0.5) is 0 Å². The highest BCUT2D eigenvalue weighted by Crippen LogP contribution is 2.54. The molecule has 0 N–H and O–H groups in total. The molecule has 0 spiro atoms. The second-order valence-electron chi connectivity index (χ2n) is 41.0. The lowest BCUT2D eigenvalue weighted by Crippen LogP contribution is -2.56. The third-order valence-electron chi connectivity index (χ3n) is 27.0. The van der Waals surface area contributed by atoms with E-state index in [2.05, 4.69) is 175 Å². The largest absolute Gasteiger partial charge is 0.298 e. The minimum atomic E-state index is 0.379. The zero-order valence-corrected chi connectivity index (χ0v) is 64.8. The maximum atomic E-state index is 2.79. The average molecular weight is 1250 g/mol. The smallest absolute Gasteiger partial charge is 0.0130 e. The normalized spacial score (nSPS) is 37.0. The van der Waals surface area contributed by atoms with Gasteiger partial charge < -0.3 is 0 Å². The molecule has 15 fully saturated rings. The predicted octanol–water partition coefficient (Wildman–Crippen LogP) is 22.2. The van der Waals surface area contributed by atoms with E-state index in [9.17, 15) is 0 Å². The van der Waals surface area contributed by atoms with Crippen LogP contribution >= 0.6 is 0 Å². The molecule has 15 aliphatic rings. The average Bonchev–Trinajstić information content (AvgIpc) is 1.62. The van der Waals surface area contributed by atoms with E-state index in [1.807, 2.05) is 0 Å². The molecular formula is C84H160N6. The molecule has 8 saturated heterocycles. The summed E-state index contributed by atoms with van der Waals surface area (Å²) in [7, 11) is 0. The third kappa shape index (κ3) is 21.6. The van der Waals surface area contributed by atoms with Crippen LogP contribution in [0.1, 0.15) is 370 Å². The van der Waals surface area contributed by atoms with E-state index < -0.39 is 0 Å². The molecular weight excluding hydrogens is 1090 g/mol. The number of rotatable bonds is 0. The Morgan fingerprint density at radius 3 is 1.10 bits per heavy atom. The number of likely N-dealkylation sites (tertiary alicyclic amines) is 4. The van der Waals surface area contributed by atoms with Gasteiger partial charge in [-0.05, 0) is 357 Å². The second kappa shape index (κ2) is 32.2. The number of hydrogen-bond donors (Lipinski definition) is 0. The number of nitrogens with zero attached hydrogens (tertiary/aromatic N) is 6. The van der Waals surface area contributed by atoms with Crippen LogP contribution in [0.25, 0.3) is 0 Å². The van der Waals surface area contributed by atoms with Gasteiger partial charge in [0.25, 0.3) is 0 Å². The molecule has 6 nitrogen and oxygen atoms in total. The first-order valence-electron chi connectivity index (χ1n) is 40.6. The third-order valence-corrected chi connectivity index (χ3v) is 27.0. The molecule has 6 heteroatoms. The number of hydrogen-bond acceptors (Lipinski definition) is 6. The highest BCUT2D eigenvalue weighted by molar-refractivity contribution is 5.00. The number of piperidine rings is 4. The Morgan fingerprint density at radius 1 is 0.222 bits per heavy atom. The molecule has 0 aromatic rings. The lowest BCUT2D eigenvalue weighted by Gasteiger charge is -2.51. The molecule has 526 valence electrons. The summed E-state index contributed by atoms with van der Waals surface area (Å²) in [6, 6.07) is 5.46. The maximum absolute atomic E-state index is 2.79. The Balaban J connectivity index is 0.000000136. The van der Waals surface area contributed by atoms with E-state index in [4.69, 9.17) is 0 Å². The molecule has 7 aliphatic carbocycles. The van der Waals surface area contributed by atoms with Gasteiger partial charge in [-0.25, -0.2) is 0 Å². The minimum absolute atomic E-state index is 0.379. The fourth-order valence-electron chi connectivity index (χ4n) is 22.8. The summed E-state index contributed by atoms with van der Waals surface area (Å²) in [6.07, 6.45) is 51.9. The second-order valence-corrected chi connectivity index (χ2v) is 41.0. The van der Waals surface area contributed by atoms with Crippen molar-refractivity contribution in [3.63, 3.8) is 0 Å². The lowest BCUT2D eigenvalue weighted by molar-refractivity contribution is -0.0163. The standard InChI is InChI=1S/C14H27N.2C13H25N.C12H22.2C11H21N.C10H19N/c1-14(2,3)15-10-6-8-12-7-4-5-9-13(15)11-12;1-13(2,3)14-8-7-11-5-4-6-12(9-11)10-14;1-13(2,3)14-10-9-11-5-4-6-12(14)8-7-11;1-12(2,3)11-9-5-4-6-10(11)8-7-9;1-11(2,3)12-8-9-4-6-10(12)7-5-9;1-11(2,3)12-9-5-4-6-10(12)8-7-9;1-10(2,3)11-7-8-4-5-9(11)6-8/h12-13H,4-11H2,1-3H3;2*11-12H,4-10H2,1-3H3;9-11H,4-8H2,1-3H3;2*9-10H,4-8H2,1-3H3;8-9H,4-7H2,1-3H3. The van der Waals surface area contributed by atoms with Crippen LogP contribution < -0.4 is 0 Å². The number of fused-ring (bicyclic) bond motifs is 16. The van der Waals surface area contributed by atoms with Gasteiger partial charge in [-0.3, -0.25) is 29.4 Å². The molecule has 8 heterocycles. The minimum Gasteiger partial charge on any atom is -0.298 e. The van der Waals surface area contributed by atoms with E-state index in [1.165, 1.54) is 264 Å². The summed E-state index contributed by atoms with van der Waals surface area (Å²) < 4.78 is 0. The van der Waals surface area contributed by atoms with E-state index in [0.29, 0.717) is 38.6 Å². The monoisotopic (exact) mass is 1250 g/mol. The summed E-state index contributed by atoms with van der Waals surface area (Å²) in [5.41, 5.74) is 2.96. The fraction of sp³-hybridized carbons (Fsp3) is 1.00. The Labute approximate surface area is 564 Å². The van der Waals surface area contributed by atoms with Crippen LogP contribution in [0.2, 0.25) is 0 Å². The molecule has 90 heavy (non-hydrogen) atoms. The van der Waals surface area contributed by atoms with Crippen molar-refractivity contribution >= 4 is 0 Å². The van der Waals surface area contributed by atoms with Crippen molar-refractivity contribution in [2.75, 3.05) is 39.3 Å². The zero-order chi connectivity index (χ0) is 65.6. The predicted molar refractivity (Wildman–Crippen MR) is 394 cm³/mol. The Hall–Kier alpha value is -0.240. The summed E-state index contributed by atoms with van der Waals surface area (Å²) in [5.74, 6) is 9.45. The SMILES string of the molecule is CC(C)(C)C1C2CCCC1CC2.CC(C)(C)N1C2CCCC1CC2.CC(C)(C)N1CC2CCC1C2.CC(C)(C)N1CC2CCC1CC2.CC(C)(C)N1CCC2CCCC(C2)C1.CC(C)(C)N1CCC2CCCC1CC2.CC(C)(C)N1CCCC2CCCCC1C2. The highest BCUT2D eigenvalue weighted by Gasteiger charge is 2.46. The topological polar surface area (TPSA) is 19.4 Å². The Morgan fingerprint density at radius 2 is 0.600 bits per heavy atom. The first-order valence-corrected chi connectivity index (χ1v) is 40.6. The van der Waals surface area contributed by atoms with Gasteiger partial charge in [-0.15, -0.1) is 0 Å². The molecule has 0 amide bonds. The van der Waals surface area contributed by atoms with Crippen molar-refractivity contribution in [1.82, 2.24) is 29.4 Å². The van der Waals surface area contributed by atoms with E-state index in [-0.39, 0.29) is 0 Å². The summed E-state index contributed by atoms with van der Waals surface area (Å²) in [4.78, 5) is 16.5. The van der Waals surface area contributed by atoms with Crippen molar-refractivity contribution in [1.29, 1.82) is 0 Å². The Kier molecular flexibility index (Phi) is 27.0. The van der Waals surface area contributed by atoms with Crippen LogP contribution in [0.5, 0.6) is 0 Å². The van der Waals surface area contributed by atoms with Gasteiger partial charge in [-0.2, -0.15) is 0 Å². The van der Waals surface area contributed by atoms with E-state index in [1.54, 1.807) is 0 Å². The first-order chi connectivity index (χ1) is 42.0. The Bertz CT molecular complexity index is 1980. The molecule has 15 rings (SSSR count). The van der Waals surface area contributed by atoms with Crippen molar-refractivity contribution in [2.24, 2.45) is 58.7 Å². The van der Waals surface area contributed by atoms with Crippen molar-refractivity contribution < 1.29 is 0 Å². The molecule has 7 saturated carbocycles. The molecule has 0 aromatic heterocycles. The summed E-state index contributed by atoms with van der Waals surface area (Å²) >= 11 is 0. The van der Waals surface area contributed by atoms with Crippen LogP contribution in [-0.4, -0.2) is 138 Å². The molecule has 8 aliphatic heterocycles. The zero-order valence-electron chi connectivity index (χ0n) is 64.8. The molecule has 0 aromatic carbocycles. The van der Waals surface area contributed by atoms with Crippen LogP contribution in [0.3, 0.4) is 0 Å². The van der Waals surface area contributed by atoms with Crippen molar-refractivity contribution in [3.05, 3.63) is 0 Å². The molecule has 12 atom stereocenters.